The lowest BCUT2D eigenvalue weighted by atomic mass is 10.2. The summed E-state index contributed by atoms with van der Waals surface area (Å²) in [6.45, 7) is 23.2. The Kier molecular flexibility index (Phi) is 20.8. The summed E-state index contributed by atoms with van der Waals surface area (Å²) in [4.78, 5) is 12.7. The monoisotopic (exact) mass is 322 g/mol. The van der Waals surface area contributed by atoms with E-state index in [2.05, 4.69) is 11.1 Å². The molecule has 1 aromatic heterocycles. The molecule has 0 atom stereocenters. The van der Waals surface area contributed by atoms with Crippen LogP contribution in [0.15, 0.2) is 42.3 Å². The molecule has 3 nitrogen and oxygen atoms in total. The van der Waals surface area contributed by atoms with Crippen LogP contribution in [0.25, 0.3) is 0 Å². The van der Waals surface area contributed by atoms with Crippen molar-refractivity contribution in [1.29, 1.82) is 0 Å². The second-order valence-electron chi connectivity index (χ2n) is 3.73. The fourth-order valence-electron chi connectivity index (χ4n) is 1.97. The van der Waals surface area contributed by atoms with Crippen LogP contribution in [-0.4, -0.2) is 15.9 Å². The van der Waals surface area contributed by atoms with Gasteiger partial charge in [-0.05, 0) is 30.7 Å². The molecule has 23 heavy (non-hydrogen) atoms. The van der Waals surface area contributed by atoms with Gasteiger partial charge in [0.15, 0.2) is 0 Å². The molecule has 0 radical (unpaired) electrons. The minimum atomic E-state index is 0.620. The Labute approximate surface area is 144 Å². The maximum atomic E-state index is 11.0. The molecule has 1 aromatic rings. The number of hydrogen-bond donors (Lipinski definition) is 0. The first kappa shape index (κ1) is 26.1. The average Bonchev–Trinajstić information content (AvgIpc) is 3.03. The molecule has 2 heterocycles. The molecule has 1 aliphatic heterocycles. The van der Waals surface area contributed by atoms with Crippen molar-refractivity contribution in [1.82, 2.24) is 9.47 Å². The summed E-state index contributed by atoms with van der Waals surface area (Å²) in [6.07, 6.45) is 4.65. The molecule has 2 rings (SSSR count). The van der Waals surface area contributed by atoms with Gasteiger partial charge in [0.1, 0.15) is 0 Å². The molecule has 0 aliphatic carbocycles. The second-order valence-corrected chi connectivity index (χ2v) is 3.73. The molecule has 0 bridgehead atoms. The van der Waals surface area contributed by atoms with Crippen molar-refractivity contribution < 1.29 is 4.79 Å². The molecule has 1 amide bonds. The fourth-order valence-corrected chi connectivity index (χ4v) is 1.97. The molecule has 3 heteroatoms. The van der Waals surface area contributed by atoms with Crippen molar-refractivity contribution in [2.45, 2.75) is 75.4 Å². The van der Waals surface area contributed by atoms with Crippen LogP contribution >= 0.6 is 0 Å². The minimum absolute atomic E-state index is 0.620. The average molecular weight is 323 g/mol. The topological polar surface area (TPSA) is 25.2 Å². The van der Waals surface area contributed by atoms with Crippen LogP contribution in [0, 0.1) is 0 Å². The molecule has 1 aliphatic rings. The van der Waals surface area contributed by atoms with E-state index in [1.165, 1.54) is 0 Å². The van der Waals surface area contributed by atoms with Crippen LogP contribution in [0.1, 0.15) is 68.0 Å². The predicted octanol–water partition coefficient (Wildman–Crippen LogP) is 6.02. The molecular formula is C20H38N2O. The van der Waals surface area contributed by atoms with E-state index in [0.29, 0.717) is 6.54 Å². The second kappa shape index (κ2) is 18.3. The van der Waals surface area contributed by atoms with Crippen molar-refractivity contribution in [3.63, 3.8) is 0 Å². The Bertz CT molecular complexity index is 431. The van der Waals surface area contributed by atoms with E-state index in [1.807, 2.05) is 80.6 Å². The summed E-state index contributed by atoms with van der Waals surface area (Å²) in [5.41, 5.74) is 3.24. The molecule has 0 saturated heterocycles. The molecule has 0 saturated carbocycles. The molecule has 0 fully saturated rings. The van der Waals surface area contributed by atoms with Gasteiger partial charge < -0.3 is 9.47 Å². The van der Waals surface area contributed by atoms with E-state index < -0.39 is 0 Å². The van der Waals surface area contributed by atoms with E-state index in [4.69, 9.17) is 0 Å². The standard InChI is InChI=1S/C12H14N2O.4C2H6/c1-3-12-10(2)7-13-6-4-5-11(13)8-14(12)9-15;4*1-2/h3-6,9H,1,7-8H2,2H3;4*1-2H3. The summed E-state index contributed by atoms with van der Waals surface area (Å²) in [5.74, 6) is 0. The number of nitrogens with zero attached hydrogens (tertiary/aromatic N) is 2. The zero-order valence-corrected chi connectivity index (χ0v) is 16.8. The summed E-state index contributed by atoms with van der Waals surface area (Å²) in [6, 6.07) is 4.04. The number of aromatic nitrogens is 1. The zero-order valence-electron chi connectivity index (χ0n) is 16.8. The van der Waals surface area contributed by atoms with E-state index in [-0.39, 0.29) is 0 Å². The normalized spacial score (nSPS) is 11.4. The van der Waals surface area contributed by atoms with Gasteiger partial charge in [-0.3, -0.25) is 4.79 Å². The van der Waals surface area contributed by atoms with Gasteiger partial charge in [-0.25, -0.2) is 0 Å². The van der Waals surface area contributed by atoms with Crippen molar-refractivity contribution in [2.75, 3.05) is 0 Å². The Hall–Kier alpha value is -1.77. The summed E-state index contributed by atoms with van der Waals surface area (Å²) < 4.78 is 2.16. The molecular weight excluding hydrogens is 284 g/mol. The minimum Gasteiger partial charge on any atom is -0.346 e. The Morgan fingerprint density at radius 2 is 1.52 bits per heavy atom. The van der Waals surface area contributed by atoms with Crippen LogP contribution in [0.3, 0.4) is 0 Å². The Balaban J connectivity index is -0.000000438. The molecule has 0 spiro atoms. The van der Waals surface area contributed by atoms with Gasteiger partial charge in [0.2, 0.25) is 6.41 Å². The number of hydrogen-bond acceptors (Lipinski definition) is 1. The first-order valence-electron chi connectivity index (χ1n) is 8.94. The van der Waals surface area contributed by atoms with E-state index >= 15 is 0 Å². The lowest BCUT2D eigenvalue weighted by Gasteiger charge is -2.17. The van der Waals surface area contributed by atoms with Crippen LogP contribution in [0.4, 0.5) is 0 Å². The largest absolute Gasteiger partial charge is 0.346 e. The highest BCUT2D eigenvalue weighted by Crippen LogP contribution is 2.20. The highest BCUT2D eigenvalue weighted by Gasteiger charge is 2.16. The molecule has 0 N–H and O–H groups in total. The summed E-state index contributed by atoms with van der Waals surface area (Å²) >= 11 is 0. The summed E-state index contributed by atoms with van der Waals surface area (Å²) in [7, 11) is 0. The van der Waals surface area contributed by atoms with Crippen LogP contribution in [-0.2, 0) is 17.9 Å². The number of allylic oxidation sites excluding steroid dienone is 2. The number of fused-ring (bicyclic) bond motifs is 1. The maximum Gasteiger partial charge on any atom is 0.214 e. The highest BCUT2D eigenvalue weighted by atomic mass is 16.1. The Morgan fingerprint density at radius 3 is 1.96 bits per heavy atom. The third-order valence-corrected chi connectivity index (χ3v) is 2.73. The van der Waals surface area contributed by atoms with Gasteiger partial charge in [-0.15, -0.1) is 0 Å². The third kappa shape index (κ3) is 8.44. The number of rotatable bonds is 2. The lowest BCUT2D eigenvalue weighted by Crippen LogP contribution is -2.19. The van der Waals surface area contributed by atoms with Gasteiger partial charge >= 0.3 is 0 Å². The SMILES string of the molecule is C=CC1=C(C)Cn2cccc2CN1C=O.CC.CC.CC.CC. The number of carbonyl (C=O) groups is 1. The van der Waals surface area contributed by atoms with Gasteiger partial charge in [-0.1, -0.05) is 62.0 Å². The van der Waals surface area contributed by atoms with E-state index in [9.17, 15) is 4.79 Å². The van der Waals surface area contributed by atoms with Crippen LogP contribution < -0.4 is 0 Å². The Morgan fingerprint density at radius 1 is 1.00 bits per heavy atom. The van der Waals surface area contributed by atoms with Gasteiger partial charge in [0.25, 0.3) is 0 Å². The number of amides is 1. The third-order valence-electron chi connectivity index (χ3n) is 2.73. The molecule has 134 valence electrons. The van der Waals surface area contributed by atoms with Gasteiger partial charge in [-0.2, -0.15) is 0 Å². The van der Waals surface area contributed by atoms with E-state index in [0.717, 1.165) is 29.9 Å². The van der Waals surface area contributed by atoms with E-state index in [1.54, 1.807) is 11.0 Å². The first-order chi connectivity index (χ1) is 11.3. The highest BCUT2D eigenvalue weighted by molar-refractivity contribution is 5.54. The predicted molar refractivity (Wildman–Crippen MR) is 104 cm³/mol. The van der Waals surface area contributed by atoms with Crippen LogP contribution in [0.5, 0.6) is 0 Å². The zero-order chi connectivity index (χ0) is 18.8. The van der Waals surface area contributed by atoms with Crippen molar-refractivity contribution in [3.8, 4) is 0 Å². The van der Waals surface area contributed by atoms with Gasteiger partial charge in [0, 0.05) is 24.1 Å². The first-order valence-corrected chi connectivity index (χ1v) is 8.94. The van der Waals surface area contributed by atoms with Crippen molar-refractivity contribution in [2.24, 2.45) is 0 Å². The van der Waals surface area contributed by atoms with Crippen molar-refractivity contribution in [3.05, 3.63) is 47.9 Å². The maximum absolute atomic E-state index is 11.0. The lowest BCUT2D eigenvalue weighted by molar-refractivity contribution is -0.116. The fraction of sp³-hybridized carbons (Fsp3) is 0.550. The molecule has 0 aromatic carbocycles. The molecule has 0 unspecified atom stereocenters. The van der Waals surface area contributed by atoms with Crippen LogP contribution in [0.2, 0.25) is 0 Å². The van der Waals surface area contributed by atoms with Crippen molar-refractivity contribution >= 4 is 6.41 Å². The quantitative estimate of drug-likeness (QED) is 0.611. The summed E-state index contributed by atoms with van der Waals surface area (Å²) in [5, 5.41) is 0. The van der Waals surface area contributed by atoms with Gasteiger partial charge in [0.05, 0.1) is 6.54 Å². The number of carbonyl (C=O) groups excluding carboxylic acids is 1. The smallest absolute Gasteiger partial charge is 0.214 e.